The van der Waals surface area contributed by atoms with E-state index in [1.165, 1.54) is 5.56 Å². The third-order valence-electron chi connectivity index (χ3n) is 1.93. The van der Waals surface area contributed by atoms with Gasteiger partial charge in [-0.05, 0) is 11.6 Å². The molecule has 0 aliphatic heterocycles. The fourth-order valence-corrected chi connectivity index (χ4v) is 2.14. The number of pyridine rings is 1. The van der Waals surface area contributed by atoms with E-state index < -0.39 is 0 Å². The second-order valence-corrected chi connectivity index (χ2v) is 6.94. The van der Waals surface area contributed by atoms with E-state index in [-0.39, 0.29) is 0 Å². The highest BCUT2D eigenvalue weighted by Gasteiger charge is 2.08. The first-order chi connectivity index (χ1) is 7.47. The molecule has 0 saturated heterocycles. The maximum atomic E-state index is 5.71. The third-order valence-corrected chi connectivity index (χ3v) is 3.43. The molecule has 0 bridgehead atoms. The highest BCUT2D eigenvalue weighted by Crippen LogP contribution is 2.21. The van der Waals surface area contributed by atoms with Crippen molar-refractivity contribution in [1.82, 2.24) is 10.3 Å². The Morgan fingerprint density at radius 1 is 1.38 bits per heavy atom. The molecule has 0 spiro atoms. The SMILES string of the molecule is CC(C)(C)SCCNCc1ccc(Cl)nc1. The Morgan fingerprint density at radius 2 is 2.12 bits per heavy atom. The summed E-state index contributed by atoms with van der Waals surface area (Å²) in [6.45, 7) is 8.59. The lowest BCUT2D eigenvalue weighted by molar-refractivity contribution is 0.723. The Morgan fingerprint density at radius 3 is 2.69 bits per heavy atom. The van der Waals surface area contributed by atoms with Crippen molar-refractivity contribution in [2.75, 3.05) is 12.3 Å². The van der Waals surface area contributed by atoms with Gasteiger partial charge in [0.2, 0.25) is 0 Å². The zero-order valence-electron chi connectivity index (χ0n) is 10.1. The number of halogens is 1. The Bertz CT molecular complexity index is 306. The Kier molecular flexibility index (Phi) is 5.59. The summed E-state index contributed by atoms with van der Waals surface area (Å²) in [5, 5.41) is 3.94. The Hall–Kier alpha value is -0.250. The number of rotatable bonds is 5. The van der Waals surface area contributed by atoms with E-state index in [0.717, 1.165) is 18.8 Å². The van der Waals surface area contributed by atoms with E-state index in [1.54, 1.807) is 0 Å². The van der Waals surface area contributed by atoms with Crippen LogP contribution in [0.4, 0.5) is 0 Å². The van der Waals surface area contributed by atoms with Crippen LogP contribution in [0.3, 0.4) is 0 Å². The van der Waals surface area contributed by atoms with Crippen LogP contribution >= 0.6 is 23.4 Å². The lowest BCUT2D eigenvalue weighted by atomic mass is 10.3. The summed E-state index contributed by atoms with van der Waals surface area (Å²) in [5.41, 5.74) is 1.17. The van der Waals surface area contributed by atoms with Crippen LogP contribution in [0.2, 0.25) is 5.15 Å². The van der Waals surface area contributed by atoms with E-state index >= 15 is 0 Å². The molecule has 4 heteroatoms. The minimum atomic E-state index is 0.351. The fraction of sp³-hybridized carbons (Fsp3) is 0.583. The molecule has 0 fully saturated rings. The number of thioether (sulfide) groups is 1. The molecule has 0 aliphatic rings. The van der Waals surface area contributed by atoms with Gasteiger partial charge in [-0.3, -0.25) is 0 Å². The van der Waals surface area contributed by atoms with Gasteiger partial charge in [-0.2, -0.15) is 11.8 Å². The maximum absolute atomic E-state index is 5.71. The molecule has 1 N–H and O–H groups in total. The number of nitrogens with zero attached hydrogens (tertiary/aromatic N) is 1. The summed E-state index contributed by atoms with van der Waals surface area (Å²) in [6, 6.07) is 3.82. The van der Waals surface area contributed by atoms with Crippen molar-refractivity contribution in [3.05, 3.63) is 29.0 Å². The minimum absolute atomic E-state index is 0.351. The molecule has 1 heterocycles. The topological polar surface area (TPSA) is 24.9 Å². The lowest BCUT2D eigenvalue weighted by Gasteiger charge is -2.17. The highest BCUT2D eigenvalue weighted by molar-refractivity contribution is 8.00. The van der Waals surface area contributed by atoms with Gasteiger partial charge in [0.1, 0.15) is 5.15 Å². The second kappa shape index (κ2) is 6.48. The number of hydrogen-bond donors (Lipinski definition) is 1. The Balaban J connectivity index is 2.14. The normalized spacial score (nSPS) is 11.8. The summed E-state index contributed by atoms with van der Waals surface area (Å²) >= 11 is 7.68. The van der Waals surface area contributed by atoms with E-state index in [1.807, 2.05) is 30.1 Å². The van der Waals surface area contributed by atoms with E-state index in [9.17, 15) is 0 Å². The molecule has 0 unspecified atom stereocenters. The predicted octanol–water partition coefficient (Wildman–Crippen LogP) is 3.36. The zero-order chi connectivity index (χ0) is 12.0. The first kappa shape index (κ1) is 13.8. The van der Waals surface area contributed by atoms with Gasteiger partial charge < -0.3 is 5.32 Å². The van der Waals surface area contributed by atoms with Crippen LogP contribution in [0, 0.1) is 0 Å². The first-order valence-corrected chi connectivity index (χ1v) is 6.79. The monoisotopic (exact) mass is 258 g/mol. The number of aromatic nitrogens is 1. The van der Waals surface area contributed by atoms with Gasteiger partial charge in [-0.25, -0.2) is 4.98 Å². The van der Waals surface area contributed by atoms with E-state index in [0.29, 0.717) is 9.90 Å². The largest absolute Gasteiger partial charge is 0.312 e. The summed E-state index contributed by atoms with van der Waals surface area (Å²) in [4.78, 5) is 4.04. The van der Waals surface area contributed by atoms with E-state index in [4.69, 9.17) is 11.6 Å². The molecule has 1 aromatic heterocycles. The fourth-order valence-electron chi connectivity index (χ4n) is 1.17. The van der Waals surface area contributed by atoms with Crippen molar-refractivity contribution in [2.24, 2.45) is 0 Å². The van der Waals surface area contributed by atoms with Crippen LogP contribution in [0.15, 0.2) is 18.3 Å². The highest BCUT2D eigenvalue weighted by atomic mass is 35.5. The molecule has 0 amide bonds. The number of nitrogens with one attached hydrogen (secondary N) is 1. The van der Waals surface area contributed by atoms with Crippen LogP contribution in [0.1, 0.15) is 26.3 Å². The standard InChI is InChI=1S/C12H19ClN2S/c1-12(2,3)16-7-6-14-8-10-4-5-11(13)15-9-10/h4-5,9,14H,6-8H2,1-3H3. The average molecular weight is 259 g/mol. The van der Waals surface area contributed by atoms with Crippen molar-refractivity contribution in [1.29, 1.82) is 0 Å². The van der Waals surface area contributed by atoms with Crippen LogP contribution in [0.25, 0.3) is 0 Å². The molecule has 0 saturated carbocycles. The molecule has 0 aromatic carbocycles. The second-order valence-electron chi connectivity index (χ2n) is 4.63. The van der Waals surface area contributed by atoms with Crippen LogP contribution < -0.4 is 5.32 Å². The summed E-state index contributed by atoms with van der Waals surface area (Å²) in [5.74, 6) is 1.13. The van der Waals surface area contributed by atoms with Crippen LogP contribution in [0.5, 0.6) is 0 Å². The zero-order valence-corrected chi connectivity index (χ0v) is 11.7. The predicted molar refractivity (Wildman–Crippen MR) is 73.2 cm³/mol. The molecule has 1 rings (SSSR count). The summed E-state index contributed by atoms with van der Waals surface area (Å²) in [7, 11) is 0. The lowest BCUT2D eigenvalue weighted by Crippen LogP contribution is -2.19. The van der Waals surface area contributed by atoms with Gasteiger partial charge in [0, 0.05) is 29.8 Å². The van der Waals surface area contributed by atoms with Gasteiger partial charge in [-0.1, -0.05) is 38.4 Å². The van der Waals surface area contributed by atoms with Gasteiger partial charge in [0.15, 0.2) is 0 Å². The van der Waals surface area contributed by atoms with Crippen molar-refractivity contribution in [3.63, 3.8) is 0 Å². The molecule has 0 radical (unpaired) electrons. The van der Waals surface area contributed by atoms with Crippen LogP contribution in [-0.4, -0.2) is 22.0 Å². The molecular weight excluding hydrogens is 240 g/mol. The van der Waals surface area contributed by atoms with Gasteiger partial charge in [-0.15, -0.1) is 0 Å². The minimum Gasteiger partial charge on any atom is -0.312 e. The smallest absolute Gasteiger partial charge is 0.129 e. The van der Waals surface area contributed by atoms with Crippen molar-refractivity contribution >= 4 is 23.4 Å². The molecular formula is C12H19ClN2S. The van der Waals surface area contributed by atoms with Crippen molar-refractivity contribution < 1.29 is 0 Å². The molecule has 2 nitrogen and oxygen atoms in total. The Labute approximate surface area is 107 Å². The van der Waals surface area contributed by atoms with Gasteiger partial charge in [0.25, 0.3) is 0 Å². The summed E-state index contributed by atoms with van der Waals surface area (Å²) in [6.07, 6.45) is 1.81. The average Bonchev–Trinajstić information content (AvgIpc) is 2.19. The molecule has 0 atom stereocenters. The van der Waals surface area contributed by atoms with Gasteiger partial charge in [0.05, 0.1) is 0 Å². The molecule has 90 valence electrons. The first-order valence-electron chi connectivity index (χ1n) is 5.42. The van der Waals surface area contributed by atoms with Crippen molar-refractivity contribution in [3.8, 4) is 0 Å². The maximum Gasteiger partial charge on any atom is 0.129 e. The molecule has 0 aliphatic carbocycles. The summed E-state index contributed by atoms with van der Waals surface area (Å²) < 4.78 is 0.351. The van der Waals surface area contributed by atoms with E-state index in [2.05, 4.69) is 31.1 Å². The van der Waals surface area contributed by atoms with Crippen LogP contribution in [-0.2, 0) is 6.54 Å². The number of hydrogen-bond acceptors (Lipinski definition) is 3. The van der Waals surface area contributed by atoms with Gasteiger partial charge >= 0.3 is 0 Å². The van der Waals surface area contributed by atoms with Crippen molar-refractivity contribution in [2.45, 2.75) is 32.1 Å². The molecule has 1 aromatic rings. The third kappa shape index (κ3) is 6.36. The molecule has 16 heavy (non-hydrogen) atoms. The quantitative estimate of drug-likeness (QED) is 0.648.